The van der Waals surface area contributed by atoms with Gasteiger partial charge in [0.25, 0.3) is 0 Å². The molecule has 0 atom stereocenters. The smallest absolute Gasteiger partial charge is 0.0701 e. The van der Waals surface area contributed by atoms with E-state index in [0.29, 0.717) is 19.8 Å². The maximum Gasteiger partial charge on any atom is 0.0701 e. The zero-order valence-corrected chi connectivity index (χ0v) is 12.9. The van der Waals surface area contributed by atoms with E-state index in [-0.39, 0.29) is 0 Å². The Labute approximate surface area is 123 Å². The van der Waals surface area contributed by atoms with Crippen LogP contribution in [0.1, 0.15) is 6.42 Å². The van der Waals surface area contributed by atoms with Crippen molar-refractivity contribution in [2.75, 3.05) is 52.0 Å². The largest absolute Gasteiger partial charge is 0.385 e. The van der Waals surface area contributed by atoms with Gasteiger partial charge in [0.15, 0.2) is 0 Å². The highest BCUT2D eigenvalue weighted by Gasteiger charge is 1.93. The van der Waals surface area contributed by atoms with Crippen molar-refractivity contribution >= 4 is 21.6 Å². The highest BCUT2D eigenvalue weighted by Crippen LogP contribution is 2.15. The van der Waals surface area contributed by atoms with Crippen LogP contribution in [0.3, 0.4) is 0 Å². The van der Waals surface area contributed by atoms with Crippen LogP contribution in [0, 0.1) is 0 Å². The number of ether oxygens (including phenoxy) is 3. The van der Waals surface area contributed by atoms with Crippen LogP contribution in [0.2, 0.25) is 0 Å². The molecule has 0 aliphatic rings. The molecule has 0 aliphatic heterocycles. The first kappa shape index (κ1) is 16.4. The van der Waals surface area contributed by atoms with Gasteiger partial charge in [0.05, 0.1) is 19.8 Å². The molecule has 0 unspecified atom stereocenters. The van der Waals surface area contributed by atoms with Crippen molar-refractivity contribution in [3.05, 3.63) is 28.7 Å². The predicted molar refractivity (Wildman–Crippen MR) is 80.8 cm³/mol. The Bertz CT molecular complexity index is 336. The maximum atomic E-state index is 5.46. The van der Waals surface area contributed by atoms with Crippen molar-refractivity contribution in [1.29, 1.82) is 0 Å². The van der Waals surface area contributed by atoms with E-state index >= 15 is 0 Å². The number of nitrogens with one attached hydrogen (secondary N) is 1. The molecule has 0 aliphatic carbocycles. The molecule has 0 saturated carbocycles. The fourth-order valence-electron chi connectivity index (χ4n) is 1.49. The van der Waals surface area contributed by atoms with Gasteiger partial charge in [-0.3, -0.25) is 0 Å². The van der Waals surface area contributed by atoms with Crippen LogP contribution in [0.5, 0.6) is 0 Å². The van der Waals surface area contributed by atoms with Crippen LogP contribution in [0.25, 0.3) is 0 Å². The van der Waals surface area contributed by atoms with E-state index in [1.807, 2.05) is 24.3 Å². The van der Waals surface area contributed by atoms with E-state index in [2.05, 4.69) is 21.2 Å². The average molecular weight is 332 g/mol. The van der Waals surface area contributed by atoms with E-state index in [9.17, 15) is 0 Å². The average Bonchev–Trinajstić information content (AvgIpc) is 2.41. The number of hydrogen-bond acceptors (Lipinski definition) is 4. The molecule has 0 fully saturated rings. The molecule has 0 amide bonds. The van der Waals surface area contributed by atoms with Crippen molar-refractivity contribution < 1.29 is 14.2 Å². The van der Waals surface area contributed by atoms with Gasteiger partial charge < -0.3 is 19.5 Å². The molecular weight excluding hydrogens is 310 g/mol. The summed E-state index contributed by atoms with van der Waals surface area (Å²) >= 11 is 3.43. The highest BCUT2D eigenvalue weighted by atomic mass is 79.9. The van der Waals surface area contributed by atoms with Gasteiger partial charge in [-0.05, 0) is 24.6 Å². The van der Waals surface area contributed by atoms with Gasteiger partial charge in [-0.15, -0.1) is 0 Å². The summed E-state index contributed by atoms with van der Waals surface area (Å²) in [5.41, 5.74) is 1.09. The Kier molecular flexibility index (Phi) is 9.71. The Morgan fingerprint density at radius 1 is 1.05 bits per heavy atom. The lowest BCUT2D eigenvalue weighted by molar-refractivity contribution is 0.0431. The van der Waals surface area contributed by atoms with E-state index in [1.165, 1.54) is 0 Å². The van der Waals surface area contributed by atoms with Gasteiger partial charge >= 0.3 is 0 Å². The summed E-state index contributed by atoms with van der Waals surface area (Å²) in [6, 6.07) is 8.08. The third kappa shape index (κ3) is 8.99. The Hall–Kier alpha value is -0.620. The maximum absolute atomic E-state index is 5.46. The molecule has 1 aromatic carbocycles. The minimum atomic E-state index is 0.632. The Morgan fingerprint density at radius 2 is 1.84 bits per heavy atom. The van der Waals surface area contributed by atoms with Crippen molar-refractivity contribution in [3.63, 3.8) is 0 Å². The summed E-state index contributed by atoms with van der Waals surface area (Å²) in [5.74, 6) is 0. The summed E-state index contributed by atoms with van der Waals surface area (Å²) in [6.45, 7) is 4.22. The molecule has 4 nitrogen and oxygen atoms in total. The zero-order valence-electron chi connectivity index (χ0n) is 11.4. The van der Waals surface area contributed by atoms with Crippen molar-refractivity contribution in [1.82, 2.24) is 0 Å². The first-order valence-electron chi connectivity index (χ1n) is 6.47. The molecule has 108 valence electrons. The molecule has 19 heavy (non-hydrogen) atoms. The summed E-state index contributed by atoms with van der Waals surface area (Å²) in [7, 11) is 1.70. The molecular formula is C14H22BrNO3. The van der Waals surface area contributed by atoms with E-state index in [4.69, 9.17) is 14.2 Å². The number of hydrogen-bond donors (Lipinski definition) is 1. The normalized spacial score (nSPS) is 10.6. The molecule has 1 aromatic rings. The second-order valence-corrected chi connectivity index (χ2v) is 4.92. The summed E-state index contributed by atoms with van der Waals surface area (Å²) in [5, 5.41) is 3.29. The molecule has 0 aromatic heterocycles. The van der Waals surface area contributed by atoms with Crippen LogP contribution >= 0.6 is 15.9 Å². The molecule has 0 heterocycles. The number of benzene rings is 1. The molecule has 0 spiro atoms. The molecule has 0 radical (unpaired) electrons. The fraction of sp³-hybridized carbons (Fsp3) is 0.571. The van der Waals surface area contributed by atoms with Gasteiger partial charge in [0, 0.05) is 37.0 Å². The highest BCUT2D eigenvalue weighted by molar-refractivity contribution is 9.10. The van der Waals surface area contributed by atoms with Crippen molar-refractivity contribution in [2.45, 2.75) is 6.42 Å². The van der Waals surface area contributed by atoms with Crippen LogP contribution in [-0.2, 0) is 14.2 Å². The summed E-state index contributed by atoms with van der Waals surface area (Å²) in [4.78, 5) is 0. The van der Waals surface area contributed by atoms with Crippen LogP contribution < -0.4 is 5.32 Å². The number of methoxy groups -OCH3 is 1. The molecule has 1 rings (SSSR count). The second kappa shape index (κ2) is 11.2. The van der Waals surface area contributed by atoms with Crippen LogP contribution in [-0.4, -0.2) is 46.7 Å². The minimum absolute atomic E-state index is 0.632. The third-order valence-electron chi connectivity index (χ3n) is 2.41. The molecule has 0 bridgehead atoms. The quantitative estimate of drug-likeness (QED) is 0.633. The Balaban J connectivity index is 1.89. The molecule has 5 heteroatoms. The number of rotatable bonds is 11. The topological polar surface area (TPSA) is 39.7 Å². The first-order chi connectivity index (χ1) is 9.33. The first-order valence-corrected chi connectivity index (χ1v) is 7.26. The van der Waals surface area contributed by atoms with Crippen LogP contribution in [0.15, 0.2) is 28.7 Å². The monoisotopic (exact) mass is 331 g/mol. The van der Waals surface area contributed by atoms with Crippen molar-refractivity contribution in [3.8, 4) is 0 Å². The van der Waals surface area contributed by atoms with Gasteiger partial charge in [0.2, 0.25) is 0 Å². The number of anilines is 1. The SMILES string of the molecule is COCCCOCCOCCNc1cccc(Br)c1. The third-order valence-corrected chi connectivity index (χ3v) is 2.90. The Morgan fingerprint density at radius 3 is 2.58 bits per heavy atom. The van der Waals surface area contributed by atoms with E-state index in [1.54, 1.807) is 7.11 Å². The summed E-state index contributed by atoms with van der Waals surface area (Å²) < 4.78 is 16.8. The fourth-order valence-corrected chi connectivity index (χ4v) is 1.89. The molecule has 0 saturated heterocycles. The van der Waals surface area contributed by atoms with Gasteiger partial charge in [-0.2, -0.15) is 0 Å². The standard InChI is InChI=1S/C14H22BrNO3/c1-17-7-3-8-18-10-11-19-9-6-16-14-5-2-4-13(15)12-14/h2,4-5,12,16H,3,6-11H2,1H3. The van der Waals surface area contributed by atoms with E-state index < -0.39 is 0 Å². The van der Waals surface area contributed by atoms with Gasteiger partial charge in [-0.25, -0.2) is 0 Å². The summed E-state index contributed by atoms with van der Waals surface area (Å²) in [6.07, 6.45) is 0.931. The molecule has 1 N–H and O–H groups in total. The van der Waals surface area contributed by atoms with Crippen molar-refractivity contribution in [2.24, 2.45) is 0 Å². The van der Waals surface area contributed by atoms with E-state index in [0.717, 1.165) is 36.3 Å². The predicted octanol–water partition coefficient (Wildman–Crippen LogP) is 2.93. The lowest BCUT2D eigenvalue weighted by Gasteiger charge is -2.08. The lowest BCUT2D eigenvalue weighted by atomic mass is 10.3. The van der Waals surface area contributed by atoms with Gasteiger partial charge in [0.1, 0.15) is 0 Å². The second-order valence-electron chi connectivity index (χ2n) is 4.01. The number of halogens is 1. The van der Waals surface area contributed by atoms with Crippen LogP contribution in [0.4, 0.5) is 5.69 Å². The minimum Gasteiger partial charge on any atom is -0.385 e. The lowest BCUT2D eigenvalue weighted by Crippen LogP contribution is -2.13. The van der Waals surface area contributed by atoms with Gasteiger partial charge in [-0.1, -0.05) is 22.0 Å². The zero-order chi connectivity index (χ0) is 13.8.